The fourth-order valence-corrected chi connectivity index (χ4v) is 1.87. The molecule has 1 atom stereocenters. The van der Waals surface area contributed by atoms with Gasteiger partial charge in [-0.2, -0.15) is 0 Å². The van der Waals surface area contributed by atoms with Crippen LogP contribution in [0.2, 0.25) is 10.0 Å². The van der Waals surface area contributed by atoms with E-state index in [1.807, 2.05) is 18.2 Å². The van der Waals surface area contributed by atoms with Crippen molar-refractivity contribution in [2.45, 2.75) is 24.9 Å². The smallest absolute Gasteiger partial charge is 0.0595 e. The van der Waals surface area contributed by atoms with Crippen molar-refractivity contribution in [1.29, 1.82) is 0 Å². The molecule has 1 aromatic rings. The van der Waals surface area contributed by atoms with Crippen LogP contribution in [0.1, 0.15) is 24.4 Å². The molecule has 2 nitrogen and oxygen atoms in total. The lowest BCUT2D eigenvalue weighted by Gasteiger charge is -2.17. The lowest BCUT2D eigenvalue weighted by atomic mass is 10.1. The zero-order chi connectivity index (χ0) is 10.8. The summed E-state index contributed by atoms with van der Waals surface area (Å²) in [5.74, 6) is 0. The molecule has 0 aromatic heterocycles. The Bertz CT molecular complexity index is 350. The highest BCUT2D eigenvalue weighted by molar-refractivity contribution is 6.42. The van der Waals surface area contributed by atoms with Crippen molar-refractivity contribution < 1.29 is 0 Å². The summed E-state index contributed by atoms with van der Waals surface area (Å²) in [6.07, 6.45) is 2.50. The fraction of sp³-hybridized carbons (Fsp3) is 0.455. The standard InChI is InChI=1S/C11H14Cl2N2/c12-9-4-1-7(5-10(9)13)11(6-14)15-8-2-3-8/h1,4-5,8,11,15H,2-3,6,14H2. The molecule has 0 radical (unpaired) electrons. The molecule has 3 N–H and O–H groups in total. The molecule has 0 aliphatic heterocycles. The van der Waals surface area contributed by atoms with Crippen LogP contribution in [0.5, 0.6) is 0 Å². The molecule has 0 bridgehead atoms. The van der Waals surface area contributed by atoms with E-state index in [4.69, 9.17) is 28.9 Å². The number of hydrogen-bond donors (Lipinski definition) is 2. The van der Waals surface area contributed by atoms with Crippen LogP contribution in [0, 0.1) is 0 Å². The monoisotopic (exact) mass is 244 g/mol. The summed E-state index contributed by atoms with van der Waals surface area (Å²) in [5, 5.41) is 4.65. The van der Waals surface area contributed by atoms with Gasteiger partial charge in [0, 0.05) is 18.6 Å². The molecule has 1 fully saturated rings. The number of hydrogen-bond acceptors (Lipinski definition) is 2. The number of benzene rings is 1. The van der Waals surface area contributed by atoms with E-state index in [2.05, 4.69) is 5.32 Å². The first-order valence-corrected chi connectivity index (χ1v) is 5.87. The lowest BCUT2D eigenvalue weighted by molar-refractivity contribution is 0.539. The Morgan fingerprint density at radius 1 is 1.33 bits per heavy atom. The molecule has 0 saturated heterocycles. The van der Waals surface area contributed by atoms with Crippen LogP contribution in [0.4, 0.5) is 0 Å². The van der Waals surface area contributed by atoms with Crippen LogP contribution in [-0.2, 0) is 0 Å². The Morgan fingerprint density at radius 2 is 2.07 bits per heavy atom. The molecule has 2 rings (SSSR count). The first-order valence-electron chi connectivity index (χ1n) is 5.12. The van der Waals surface area contributed by atoms with Gasteiger partial charge < -0.3 is 11.1 Å². The molecule has 1 aliphatic carbocycles. The molecule has 82 valence electrons. The molecule has 1 saturated carbocycles. The number of nitrogens with one attached hydrogen (secondary N) is 1. The van der Waals surface area contributed by atoms with Crippen molar-refractivity contribution in [2.24, 2.45) is 5.73 Å². The van der Waals surface area contributed by atoms with Gasteiger partial charge in [0.15, 0.2) is 0 Å². The van der Waals surface area contributed by atoms with Crippen LogP contribution in [0.25, 0.3) is 0 Å². The summed E-state index contributed by atoms with van der Waals surface area (Å²) in [6, 6.07) is 6.49. The summed E-state index contributed by atoms with van der Waals surface area (Å²) >= 11 is 11.8. The zero-order valence-corrected chi connectivity index (χ0v) is 9.85. The van der Waals surface area contributed by atoms with E-state index in [1.165, 1.54) is 12.8 Å². The fourth-order valence-electron chi connectivity index (χ4n) is 1.56. The maximum Gasteiger partial charge on any atom is 0.0595 e. The van der Waals surface area contributed by atoms with Crippen molar-refractivity contribution in [3.63, 3.8) is 0 Å². The van der Waals surface area contributed by atoms with Gasteiger partial charge in [0.2, 0.25) is 0 Å². The van der Waals surface area contributed by atoms with Gasteiger partial charge in [-0.25, -0.2) is 0 Å². The highest BCUT2D eigenvalue weighted by atomic mass is 35.5. The SMILES string of the molecule is NCC(NC1CC1)c1ccc(Cl)c(Cl)c1. The number of rotatable bonds is 4. The molecule has 15 heavy (non-hydrogen) atoms. The summed E-state index contributed by atoms with van der Waals surface area (Å²) in [7, 11) is 0. The molecule has 1 aromatic carbocycles. The van der Waals surface area contributed by atoms with Crippen molar-refractivity contribution >= 4 is 23.2 Å². The third kappa shape index (κ3) is 2.85. The second-order valence-corrected chi connectivity index (χ2v) is 4.72. The van der Waals surface area contributed by atoms with Gasteiger partial charge in [0.05, 0.1) is 10.0 Å². The van der Waals surface area contributed by atoms with Gasteiger partial charge in [-0.3, -0.25) is 0 Å². The Hall–Kier alpha value is -0.280. The highest BCUT2D eigenvalue weighted by Gasteiger charge is 2.24. The van der Waals surface area contributed by atoms with Crippen LogP contribution in [0.15, 0.2) is 18.2 Å². The Labute approximate surface area is 99.7 Å². The molecule has 4 heteroatoms. The van der Waals surface area contributed by atoms with Crippen LogP contribution in [0.3, 0.4) is 0 Å². The van der Waals surface area contributed by atoms with Gasteiger partial charge in [0.1, 0.15) is 0 Å². The molecular formula is C11H14Cl2N2. The summed E-state index contributed by atoms with van der Waals surface area (Å²) in [5.41, 5.74) is 6.84. The lowest BCUT2D eigenvalue weighted by Crippen LogP contribution is -2.29. The maximum atomic E-state index is 5.97. The summed E-state index contributed by atoms with van der Waals surface area (Å²) in [6.45, 7) is 0.578. The zero-order valence-electron chi connectivity index (χ0n) is 8.34. The van der Waals surface area contributed by atoms with E-state index in [0.717, 1.165) is 5.56 Å². The van der Waals surface area contributed by atoms with Gasteiger partial charge in [0.25, 0.3) is 0 Å². The molecule has 1 unspecified atom stereocenters. The predicted octanol–water partition coefficient (Wildman–Crippen LogP) is 2.75. The summed E-state index contributed by atoms with van der Waals surface area (Å²) in [4.78, 5) is 0. The Kier molecular flexibility index (Phi) is 3.52. The van der Waals surface area contributed by atoms with Crippen molar-refractivity contribution in [2.75, 3.05) is 6.54 Å². The second kappa shape index (κ2) is 4.71. The van der Waals surface area contributed by atoms with E-state index in [-0.39, 0.29) is 6.04 Å². The van der Waals surface area contributed by atoms with E-state index in [1.54, 1.807) is 0 Å². The molecular weight excluding hydrogens is 231 g/mol. The first kappa shape index (κ1) is 11.2. The quantitative estimate of drug-likeness (QED) is 0.855. The number of halogens is 2. The first-order chi connectivity index (χ1) is 7.20. The normalized spacial score (nSPS) is 17.8. The number of nitrogens with two attached hydrogens (primary N) is 1. The van der Waals surface area contributed by atoms with Gasteiger partial charge in [-0.05, 0) is 30.5 Å². The topological polar surface area (TPSA) is 38.0 Å². The van der Waals surface area contributed by atoms with Crippen LogP contribution in [-0.4, -0.2) is 12.6 Å². The van der Waals surface area contributed by atoms with E-state index in [0.29, 0.717) is 22.6 Å². The molecule has 0 amide bonds. The van der Waals surface area contributed by atoms with Crippen molar-refractivity contribution in [1.82, 2.24) is 5.32 Å². The van der Waals surface area contributed by atoms with Gasteiger partial charge in [-0.15, -0.1) is 0 Å². The largest absolute Gasteiger partial charge is 0.329 e. The van der Waals surface area contributed by atoms with Gasteiger partial charge >= 0.3 is 0 Å². The molecule has 0 heterocycles. The van der Waals surface area contributed by atoms with E-state index >= 15 is 0 Å². The molecule has 1 aliphatic rings. The van der Waals surface area contributed by atoms with Crippen molar-refractivity contribution in [3.8, 4) is 0 Å². The Morgan fingerprint density at radius 3 is 2.60 bits per heavy atom. The second-order valence-electron chi connectivity index (χ2n) is 3.90. The average Bonchev–Trinajstić information content (AvgIpc) is 3.02. The molecule has 0 spiro atoms. The van der Waals surface area contributed by atoms with E-state index < -0.39 is 0 Å². The minimum atomic E-state index is 0.187. The predicted molar refractivity (Wildman–Crippen MR) is 64.4 cm³/mol. The third-order valence-electron chi connectivity index (χ3n) is 2.60. The third-order valence-corrected chi connectivity index (χ3v) is 3.33. The minimum absolute atomic E-state index is 0.187. The summed E-state index contributed by atoms with van der Waals surface area (Å²) < 4.78 is 0. The van der Waals surface area contributed by atoms with Gasteiger partial charge in [-0.1, -0.05) is 29.3 Å². The van der Waals surface area contributed by atoms with Crippen molar-refractivity contribution in [3.05, 3.63) is 33.8 Å². The minimum Gasteiger partial charge on any atom is -0.329 e. The average molecular weight is 245 g/mol. The highest BCUT2D eigenvalue weighted by Crippen LogP contribution is 2.28. The van der Waals surface area contributed by atoms with Crippen LogP contribution >= 0.6 is 23.2 Å². The Balaban J connectivity index is 2.13. The maximum absolute atomic E-state index is 5.97. The van der Waals surface area contributed by atoms with E-state index in [9.17, 15) is 0 Å². The van der Waals surface area contributed by atoms with Crippen LogP contribution < -0.4 is 11.1 Å².